The van der Waals surface area contributed by atoms with Gasteiger partial charge in [-0.15, -0.1) is 11.3 Å². The van der Waals surface area contributed by atoms with Gasteiger partial charge in [-0.1, -0.05) is 60.7 Å². The fraction of sp³-hybridized carbons (Fsp3) is 0.233. The largest absolute Gasteiger partial charge is 0.302 e. The highest BCUT2D eigenvalue weighted by molar-refractivity contribution is 7.13. The van der Waals surface area contributed by atoms with E-state index in [4.69, 9.17) is 4.98 Å². The third kappa shape index (κ3) is 4.21. The lowest BCUT2D eigenvalue weighted by Crippen LogP contribution is -2.39. The average Bonchev–Trinajstić information content (AvgIpc) is 3.47. The highest BCUT2D eigenvalue weighted by atomic mass is 32.1. The van der Waals surface area contributed by atoms with Crippen LogP contribution in [0.15, 0.2) is 90.6 Å². The van der Waals surface area contributed by atoms with Crippen molar-refractivity contribution < 1.29 is 4.79 Å². The number of anilines is 1. The summed E-state index contributed by atoms with van der Waals surface area (Å²) in [7, 11) is 0. The Hall–Kier alpha value is -3.57. The van der Waals surface area contributed by atoms with Crippen LogP contribution < -0.4 is 5.32 Å². The van der Waals surface area contributed by atoms with Crippen molar-refractivity contribution in [3.8, 4) is 11.1 Å². The molecule has 0 bridgehead atoms. The van der Waals surface area contributed by atoms with Crippen LogP contribution in [0.5, 0.6) is 0 Å². The molecule has 1 unspecified atom stereocenters. The first-order valence-corrected chi connectivity index (χ1v) is 13.1. The topological polar surface area (TPSA) is 54.9 Å². The highest BCUT2D eigenvalue weighted by Crippen LogP contribution is 2.50. The van der Waals surface area contributed by atoms with E-state index in [-0.39, 0.29) is 17.2 Å². The molecule has 174 valence electrons. The fourth-order valence-electron chi connectivity index (χ4n) is 5.68. The normalized spacial score (nSPS) is 20.6. The van der Waals surface area contributed by atoms with Crippen LogP contribution in [0, 0.1) is 5.92 Å². The van der Waals surface area contributed by atoms with Gasteiger partial charge in [-0.05, 0) is 65.6 Å². The van der Waals surface area contributed by atoms with Gasteiger partial charge in [-0.2, -0.15) is 0 Å². The lowest BCUT2D eigenvalue weighted by molar-refractivity contribution is -0.121. The summed E-state index contributed by atoms with van der Waals surface area (Å²) in [6, 6.07) is 21.1. The first kappa shape index (κ1) is 21.9. The van der Waals surface area contributed by atoms with Crippen LogP contribution in [-0.2, 0) is 23.1 Å². The molecule has 0 aliphatic heterocycles. The van der Waals surface area contributed by atoms with Crippen LogP contribution in [0.2, 0.25) is 0 Å². The maximum absolute atomic E-state index is 13.5. The SMILES string of the molecule is O=C(Nc1nc(Cc2ccc(-c3ccncc3)cc2)cs1)C1Cc2ccccc2[C@@]12C=CCCC2. The molecule has 4 nitrogen and oxygen atoms in total. The minimum Gasteiger partial charge on any atom is -0.302 e. The Labute approximate surface area is 209 Å². The second kappa shape index (κ2) is 9.23. The second-order valence-corrected chi connectivity index (χ2v) is 10.3. The Morgan fingerprint density at radius 3 is 2.63 bits per heavy atom. The number of pyridine rings is 1. The number of thiazole rings is 1. The molecule has 2 aromatic carbocycles. The van der Waals surface area contributed by atoms with Crippen molar-refractivity contribution in [1.29, 1.82) is 0 Å². The second-order valence-electron chi connectivity index (χ2n) is 9.49. The third-order valence-electron chi connectivity index (χ3n) is 7.39. The number of amides is 1. The predicted octanol–water partition coefficient (Wildman–Crippen LogP) is 6.58. The summed E-state index contributed by atoms with van der Waals surface area (Å²) >= 11 is 1.51. The van der Waals surface area contributed by atoms with Crippen LogP contribution in [-0.4, -0.2) is 15.9 Å². The summed E-state index contributed by atoms with van der Waals surface area (Å²) in [6.07, 6.45) is 12.9. The number of benzene rings is 2. The Balaban J connectivity index is 1.16. The summed E-state index contributed by atoms with van der Waals surface area (Å²) < 4.78 is 0. The van der Waals surface area contributed by atoms with Gasteiger partial charge in [0.05, 0.1) is 11.6 Å². The number of fused-ring (bicyclic) bond motifs is 2. The summed E-state index contributed by atoms with van der Waals surface area (Å²) in [5, 5.41) is 5.89. The van der Waals surface area contributed by atoms with Gasteiger partial charge in [-0.3, -0.25) is 9.78 Å². The maximum Gasteiger partial charge on any atom is 0.230 e. The molecule has 0 fully saturated rings. The van der Waals surface area contributed by atoms with Crippen molar-refractivity contribution in [3.63, 3.8) is 0 Å². The van der Waals surface area contributed by atoms with Crippen LogP contribution in [0.4, 0.5) is 5.13 Å². The minimum absolute atomic E-state index is 0.0790. The molecular weight excluding hydrogens is 450 g/mol. The van der Waals surface area contributed by atoms with Crippen molar-refractivity contribution in [2.24, 2.45) is 5.92 Å². The van der Waals surface area contributed by atoms with Crippen LogP contribution in [0.1, 0.15) is 41.6 Å². The van der Waals surface area contributed by atoms with Gasteiger partial charge in [0.25, 0.3) is 0 Å². The molecule has 0 radical (unpaired) electrons. The molecule has 1 amide bonds. The van der Waals surface area contributed by atoms with Gasteiger partial charge < -0.3 is 5.32 Å². The van der Waals surface area contributed by atoms with E-state index in [1.807, 2.05) is 29.9 Å². The Kier molecular flexibility index (Phi) is 5.78. The lowest BCUT2D eigenvalue weighted by atomic mass is 9.68. The molecule has 2 aliphatic rings. The van der Waals surface area contributed by atoms with Crippen LogP contribution in [0.25, 0.3) is 11.1 Å². The molecule has 1 N–H and O–H groups in total. The van der Waals surface area contributed by atoms with E-state index in [0.29, 0.717) is 5.13 Å². The van der Waals surface area contributed by atoms with Crippen molar-refractivity contribution >= 4 is 22.4 Å². The quantitative estimate of drug-likeness (QED) is 0.330. The molecule has 2 aliphatic carbocycles. The van der Waals surface area contributed by atoms with E-state index in [1.165, 1.54) is 33.6 Å². The van der Waals surface area contributed by atoms with Gasteiger partial charge in [0.1, 0.15) is 0 Å². The third-order valence-corrected chi connectivity index (χ3v) is 8.20. The zero-order valence-electron chi connectivity index (χ0n) is 19.5. The van der Waals surface area contributed by atoms with Crippen molar-refractivity contribution in [2.75, 3.05) is 5.32 Å². The molecule has 4 aromatic rings. The molecule has 2 heterocycles. The molecule has 0 saturated heterocycles. The first-order valence-electron chi connectivity index (χ1n) is 12.2. The molecule has 2 atom stereocenters. The summed E-state index contributed by atoms with van der Waals surface area (Å²) in [4.78, 5) is 22.3. The molecule has 1 spiro atoms. The first-order chi connectivity index (χ1) is 17.2. The highest BCUT2D eigenvalue weighted by Gasteiger charge is 2.48. The number of carbonyl (C=O) groups is 1. The average molecular weight is 478 g/mol. The molecule has 35 heavy (non-hydrogen) atoms. The van der Waals surface area contributed by atoms with Crippen molar-refractivity contribution in [2.45, 2.75) is 37.5 Å². The van der Waals surface area contributed by atoms with E-state index >= 15 is 0 Å². The van der Waals surface area contributed by atoms with E-state index in [0.717, 1.165) is 43.4 Å². The maximum atomic E-state index is 13.5. The number of nitrogens with zero attached hydrogens (tertiary/aromatic N) is 2. The summed E-state index contributed by atoms with van der Waals surface area (Å²) in [6.45, 7) is 0. The van der Waals surface area contributed by atoms with Crippen LogP contribution >= 0.6 is 11.3 Å². The Morgan fingerprint density at radius 1 is 1.03 bits per heavy atom. The van der Waals surface area contributed by atoms with Gasteiger partial charge in [-0.25, -0.2) is 4.98 Å². The molecule has 6 rings (SSSR count). The van der Waals surface area contributed by atoms with Crippen LogP contribution in [0.3, 0.4) is 0 Å². The lowest BCUT2D eigenvalue weighted by Gasteiger charge is -2.35. The van der Waals surface area contributed by atoms with E-state index < -0.39 is 0 Å². The molecule has 5 heteroatoms. The molecule has 2 aromatic heterocycles. The Morgan fingerprint density at radius 2 is 1.83 bits per heavy atom. The van der Waals surface area contributed by atoms with E-state index in [9.17, 15) is 4.79 Å². The molecule has 0 saturated carbocycles. The van der Waals surface area contributed by atoms with Gasteiger partial charge >= 0.3 is 0 Å². The number of rotatable bonds is 5. The number of aromatic nitrogens is 2. The predicted molar refractivity (Wildman–Crippen MR) is 142 cm³/mol. The standard InChI is InChI=1S/C30H27N3OS/c34-28(27-19-24-6-2-3-7-26(24)30(27)14-4-1-5-15-30)33-29-32-25(20-35-29)18-21-8-10-22(11-9-21)23-12-16-31-17-13-23/h2-4,6-14,16-17,20,27H,1,5,15,18-19H2,(H,32,33,34)/t27?,30-/m0/s1. The van der Waals surface area contributed by atoms with Gasteiger partial charge in [0, 0.05) is 29.6 Å². The Bertz CT molecular complexity index is 1380. The number of hydrogen-bond acceptors (Lipinski definition) is 4. The van der Waals surface area contributed by atoms with E-state index in [2.05, 4.69) is 71.0 Å². The monoisotopic (exact) mass is 477 g/mol. The number of carbonyl (C=O) groups excluding carboxylic acids is 1. The minimum atomic E-state index is -0.185. The molecular formula is C30H27N3OS. The zero-order valence-corrected chi connectivity index (χ0v) is 20.3. The number of hydrogen-bond donors (Lipinski definition) is 1. The smallest absolute Gasteiger partial charge is 0.230 e. The number of nitrogens with one attached hydrogen (secondary N) is 1. The van der Waals surface area contributed by atoms with Gasteiger partial charge in [0.2, 0.25) is 5.91 Å². The number of allylic oxidation sites excluding steroid dienone is 2. The van der Waals surface area contributed by atoms with Gasteiger partial charge in [0.15, 0.2) is 5.13 Å². The summed E-state index contributed by atoms with van der Waals surface area (Å²) in [5.74, 6) is -0.0140. The van der Waals surface area contributed by atoms with E-state index in [1.54, 1.807) is 0 Å². The van der Waals surface area contributed by atoms with Crippen molar-refractivity contribution in [1.82, 2.24) is 9.97 Å². The fourth-order valence-corrected chi connectivity index (χ4v) is 6.39. The summed E-state index contributed by atoms with van der Waals surface area (Å²) in [5.41, 5.74) is 6.94. The van der Waals surface area contributed by atoms with Crippen molar-refractivity contribution in [3.05, 3.63) is 113 Å². The zero-order chi connectivity index (χ0) is 23.7.